The van der Waals surface area contributed by atoms with Gasteiger partial charge in [-0.15, -0.1) is 0 Å². The Labute approximate surface area is 191 Å². The minimum absolute atomic E-state index is 0.123. The minimum atomic E-state index is -1.06. The number of rotatable bonds is 2. The van der Waals surface area contributed by atoms with Crippen molar-refractivity contribution in [1.29, 1.82) is 0 Å². The number of nitrogens with zero attached hydrogens (tertiary/aromatic N) is 4. The standard InChI is InChI=1S/C26H16N4O4/c31-25(32)15-7-5-13-21-23(15)29-19-11-3-1-9-17(19)27(21)28-18-10-2-4-12-20(18)30(29)24-16(26(33)34)8-6-14-22(24)28/h1-14H,(H,31,32)(H,33,34). The first-order chi connectivity index (χ1) is 16.6. The van der Waals surface area contributed by atoms with E-state index in [-0.39, 0.29) is 11.1 Å². The molecule has 4 aliphatic rings. The van der Waals surface area contributed by atoms with Gasteiger partial charge in [-0.25, -0.2) is 28.3 Å². The van der Waals surface area contributed by atoms with E-state index in [1.165, 1.54) is 0 Å². The van der Waals surface area contributed by atoms with Crippen LogP contribution in [0.1, 0.15) is 20.7 Å². The molecule has 4 aromatic carbocycles. The summed E-state index contributed by atoms with van der Waals surface area (Å²) in [5.74, 6) is -2.12. The summed E-state index contributed by atoms with van der Waals surface area (Å²) in [5.41, 5.74) is 5.75. The second-order valence-corrected chi connectivity index (χ2v) is 8.18. The van der Waals surface area contributed by atoms with Crippen molar-refractivity contribution < 1.29 is 19.8 Å². The minimum Gasteiger partial charge on any atom is -0.478 e. The Balaban J connectivity index is 1.96. The third kappa shape index (κ3) is 2.11. The number of benzene rings is 4. The molecule has 0 fully saturated rings. The van der Waals surface area contributed by atoms with Crippen LogP contribution >= 0.6 is 0 Å². The van der Waals surface area contributed by atoms with Crippen LogP contribution in [0.25, 0.3) is 44.1 Å². The molecule has 0 amide bonds. The van der Waals surface area contributed by atoms with Gasteiger partial charge in [0.05, 0.1) is 44.2 Å². The summed E-state index contributed by atoms with van der Waals surface area (Å²) in [6, 6.07) is 25.8. The van der Waals surface area contributed by atoms with Crippen LogP contribution in [0.2, 0.25) is 0 Å². The maximum absolute atomic E-state index is 12.4. The molecule has 0 radical (unpaired) electrons. The predicted molar refractivity (Wildman–Crippen MR) is 128 cm³/mol. The zero-order valence-corrected chi connectivity index (χ0v) is 17.6. The van der Waals surface area contributed by atoms with E-state index in [0.717, 1.165) is 22.1 Å². The van der Waals surface area contributed by atoms with Crippen LogP contribution in [-0.2, 0) is 0 Å². The first kappa shape index (κ1) is 18.6. The van der Waals surface area contributed by atoms with Gasteiger partial charge in [0.25, 0.3) is 0 Å². The molecule has 0 saturated carbocycles. The Kier molecular flexibility index (Phi) is 3.44. The zero-order chi connectivity index (χ0) is 23.1. The third-order valence-electron chi connectivity index (χ3n) is 6.45. The molecular formula is C26H16N4O4. The topological polar surface area (TPSA) is 94.3 Å². The summed E-state index contributed by atoms with van der Waals surface area (Å²) in [5, 5.41) is 20.2. The first-order valence-electron chi connectivity index (χ1n) is 10.7. The lowest BCUT2D eigenvalue weighted by atomic mass is 10.1. The van der Waals surface area contributed by atoms with Crippen molar-refractivity contribution >= 4 is 56.1 Å². The third-order valence-corrected chi connectivity index (χ3v) is 6.45. The van der Waals surface area contributed by atoms with Crippen LogP contribution in [-0.4, -0.2) is 40.9 Å². The number of aromatic nitrogens is 4. The Morgan fingerprint density at radius 1 is 0.441 bits per heavy atom. The summed E-state index contributed by atoms with van der Waals surface area (Å²) >= 11 is 0. The van der Waals surface area contributed by atoms with Crippen molar-refractivity contribution in [3.8, 4) is 0 Å². The molecule has 4 aliphatic heterocycles. The molecule has 6 heterocycles. The molecule has 10 rings (SSSR count). The number of carbonyl (C=O) groups is 2. The molecule has 6 aromatic rings. The molecule has 34 heavy (non-hydrogen) atoms. The van der Waals surface area contributed by atoms with E-state index in [0.29, 0.717) is 22.1 Å². The van der Waals surface area contributed by atoms with Gasteiger partial charge in [0.2, 0.25) is 0 Å². The lowest BCUT2D eigenvalue weighted by Gasteiger charge is -2.33. The van der Waals surface area contributed by atoms with Crippen molar-refractivity contribution in [3.63, 3.8) is 0 Å². The molecule has 2 N–H and O–H groups in total. The van der Waals surface area contributed by atoms with E-state index in [1.807, 2.05) is 79.4 Å². The van der Waals surface area contributed by atoms with Gasteiger partial charge in [0, 0.05) is 0 Å². The average Bonchev–Trinajstić information content (AvgIpc) is 2.83. The zero-order valence-electron chi connectivity index (χ0n) is 17.6. The van der Waals surface area contributed by atoms with Gasteiger partial charge in [-0.1, -0.05) is 36.4 Å². The molecule has 8 nitrogen and oxygen atoms in total. The van der Waals surface area contributed by atoms with Crippen LogP contribution in [0, 0.1) is 0 Å². The van der Waals surface area contributed by atoms with Crippen molar-refractivity contribution in [2.45, 2.75) is 0 Å². The largest absolute Gasteiger partial charge is 0.478 e. The molecule has 164 valence electrons. The summed E-state index contributed by atoms with van der Waals surface area (Å²) in [6.07, 6.45) is 0. The molecular weight excluding hydrogens is 432 g/mol. The number of carboxylic acids is 2. The summed E-state index contributed by atoms with van der Waals surface area (Å²) in [7, 11) is 0. The summed E-state index contributed by atoms with van der Waals surface area (Å²) in [6.45, 7) is 0. The van der Waals surface area contributed by atoms with E-state index in [9.17, 15) is 19.8 Å². The van der Waals surface area contributed by atoms with Crippen LogP contribution in [0.15, 0.2) is 84.9 Å². The van der Waals surface area contributed by atoms with Crippen molar-refractivity contribution in [2.24, 2.45) is 0 Å². The molecule has 8 heteroatoms. The Bertz CT molecular complexity index is 1790. The van der Waals surface area contributed by atoms with E-state index in [1.54, 1.807) is 24.3 Å². The lowest BCUT2D eigenvalue weighted by molar-refractivity contribution is 0.0687. The molecule has 0 spiro atoms. The van der Waals surface area contributed by atoms with E-state index >= 15 is 0 Å². The highest BCUT2D eigenvalue weighted by atomic mass is 16.4. The molecule has 2 aromatic heterocycles. The van der Waals surface area contributed by atoms with Crippen LogP contribution in [0.4, 0.5) is 0 Å². The number of aromatic carboxylic acids is 2. The molecule has 0 unspecified atom stereocenters. The fourth-order valence-electron chi connectivity index (χ4n) is 5.19. The second-order valence-electron chi connectivity index (χ2n) is 8.18. The molecule has 0 aliphatic carbocycles. The second kappa shape index (κ2) is 6.29. The average molecular weight is 448 g/mol. The van der Waals surface area contributed by atoms with Gasteiger partial charge in [-0.05, 0) is 48.5 Å². The normalized spacial score (nSPS) is 12.0. The van der Waals surface area contributed by atoms with E-state index in [2.05, 4.69) is 0 Å². The molecule has 4 bridgehead atoms. The van der Waals surface area contributed by atoms with Crippen molar-refractivity contribution in [3.05, 3.63) is 96.1 Å². The number of carboxylic acid groups (broad SMARTS) is 2. The summed E-state index contributed by atoms with van der Waals surface area (Å²) in [4.78, 5) is 24.7. The van der Waals surface area contributed by atoms with Crippen LogP contribution in [0.5, 0.6) is 0 Å². The van der Waals surface area contributed by atoms with Gasteiger partial charge >= 0.3 is 11.9 Å². The number of hydrogen-bond donors (Lipinski definition) is 2. The maximum Gasteiger partial charge on any atom is 0.337 e. The van der Waals surface area contributed by atoms with E-state index in [4.69, 9.17) is 0 Å². The monoisotopic (exact) mass is 448 g/mol. The predicted octanol–water partition coefficient (Wildman–Crippen LogP) is 4.96. The Morgan fingerprint density at radius 3 is 1.12 bits per heavy atom. The van der Waals surface area contributed by atoms with E-state index < -0.39 is 11.9 Å². The van der Waals surface area contributed by atoms with Gasteiger partial charge in [-0.2, -0.15) is 0 Å². The summed E-state index contributed by atoms with van der Waals surface area (Å²) < 4.78 is 7.64. The smallest absolute Gasteiger partial charge is 0.337 e. The van der Waals surface area contributed by atoms with Gasteiger partial charge in [0.1, 0.15) is 11.0 Å². The molecule has 0 saturated heterocycles. The first-order valence-corrected chi connectivity index (χ1v) is 10.7. The number of para-hydroxylation sites is 6. The van der Waals surface area contributed by atoms with Crippen LogP contribution in [0.3, 0.4) is 0 Å². The number of hydrogen-bond acceptors (Lipinski definition) is 2. The lowest BCUT2D eigenvalue weighted by Crippen LogP contribution is -2.29. The van der Waals surface area contributed by atoms with Gasteiger partial charge in [0.15, 0.2) is 0 Å². The molecule has 0 atom stereocenters. The maximum atomic E-state index is 12.4. The van der Waals surface area contributed by atoms with Crippen molar-refractivity contribution in [1.82, 2.24) is 18.7 Å². The Hall–Kier alpha value is -4.98. The van der Waals surface area contributed by atoms with Gasteiger partial charge < -0.3 is 10.2 Å². The fourth-order valence-corrected chi connectivity index (χ4v) is 5.19. The highest BCUT2D eigenvalue weighted by Crippen LogP contribution is 2.37. The highest BCUT2D eigenvalue weighted by Gasteiger charge is 2.28. The van der Waals surface area contributed by atoms with Gasteiger partial charge in [-0.3, -0.25) is 0 Å². The highest BCUT2D eigenvalue weighted by molar-refractivity contribution is 6.08. The van der Waals surface area contributed by atoms with Crippen molar-refractivity contribution in [2.75, 3.05) is 0 Å². The Morgan fingerprint density at radius 2 is 0.765 bits per heavy atom. The van der Waals surface area contributed by atoms with Crippen LogP contribution < -0.4 is 0 Å². The fraction of sp³-hybridized carbons (Fsp3) is 0. The SMILES string of the molecule is O=C(O)c1cccc2c1n1c3ccccc3n2-n2c3ccccc3n-1c1c(C(=O)O)cccc12. The quantitative estimate of drug-likeness (QED) is 0.366.